The van der Waals surface area contributed by atoms with E-state index in [-0.39, 0.29) is 5.56 Å². The summed E-state index contributed by atoms with van der Waals surface area (Å²) >= 11 is 0. The number of hydrogen-bond donors (Lipinski definition) is 1. The van der Waals surface area contributed by atoms with E-state index in [1.54, 1.807) is 19.4 Å². The van der Waals surface area contributed by atoms with Gasteiger partial charge >= 0.3 is 0 Å². The summed E-state index contributed by atoms with van der Waals surface area (Å²) in [6.07, 6.45) is 6.49. The number of anilines is 1. The average Bonchev–Trinajstić information content (AvgIpc) is 2.24. The van der Waals surface area contributed by atoms with Gasteiger partial charge in [0.2, 0.25) is 0 Å². The number of nitrogens with zero attached hydrogens (tertiary/aromatic N) is 2. The van der Waals surface area contributed by atoms with Gasteiger partial charge in [-0.3, -0.25) is 4.79 Å². The van der Waals surface area contributed by atoms with Crippen molar-refractivity contribution in [3.8, 4) is 0 Å². The summed E-state index contributed by atoms with van der Waals surface area (Å²) < 4.78 is 1.54. The summed E-state index contributed by atoms with van der Waals surface area (Å²) in [5.41, 5.74) is -0.0629. The van der Waals surface area contributed by atoms with Crippen molar-refractivity contribution in [1.82, 2.24) is 9.55 Å². The molecule has 4 heteroatoms. The zero-order chi connectivity index (χ0) is 11.3. The Hall–Kier alpha value is -1.32. The minimum Gasteiger partial charge on any atom is -0.363 e. The highest BCUT2D eigenvalue weighted by Crippen LogP contribution is 2.06. The fourth-order valence-corrected chi connectivity index (χ4v) is 1.52. The van der Waals surface area contributed by atoms with Crippen LogP contribution in [0.1, 0.15) is 33.1 Å². The predicted molar refractivity (Wildman–Crippen MR) is 62.1 cm³/mol. The zero-order valence-electron chi connectivity index (χ0n) is 9.66. The first-order valence-corrected chi connectivity index (χ1v) is 5.47. The molecule has 1 heterocycles. The van der Waals surface area contributed by atoms with Gasteiger partial charge in [-0.1, -0.05) is 20.3 Å². The lowest BCUT2D eigenvalue weighted by Crippen LogP contribution is -2.27. The van der Waals surface area contributed by atoms with Crippen LogP contribution in [-0.2, 0) is 7.05 Å². The molecule has 0 spiro atoms. The van der Waals surface area contributed by atoms with Crippen molar-refractivity contribution in [3.05, 3.63) is 22.7 Å². The minimum atomic E-state index is -0.0629. The number of nitrogens with one attached hydrogen (secondary N) is 1. The van der Waals surface area contributed by atoms with Gasteiger partial charge in [-0.25, -0.2) is 4.98 Å². The summed E-state index contributed by atoms with van der Waals surface area (Å²) in [6, 6.07) is 0.345. The number of rotatable bonds is 5. The Kier molecular flexibility index (Phi) is 4.34. The van der Waals surface area contributed by atoms with Crippen LogP contribution in [0, 0.1) is 0 Å². The number of aryl methyl sites for hydroxylation is 1. The molecule has 0 aliphatic rings. The smallest absolute Gasteiger partial charge is 0.293 e. The third-order valence-electron chi connectivity index (χ3n) is 2.49. The first-order chi connectivity index (χ1) is 7.19. The van der Waals surface area contributed by atoms with Crippen LogP contribution in [0.4, 0.5) is 5.82 Å². The third kappa shape index (κ3) is 3.08. The lowest BCUT2D eigenvalue weighted by Gasteiger charge is -2.16. The second-order valence-electron chi connectivity index (χ2n) is 3.73. The molecule has 0 aromatic carbocycles. The van der Waals surface area contributed by atoms with E-state index in [2.05, 4.69) is 24.1 Å². The van der Waals surface area contributed by atoms with Crippen LogP contribution in [0.15, 0.2) is 17.2 Å². The van der Waals surface area contributed by atoms with Crippen LogP contribution < -0.4 is 10.9 Å². The molecule has 1 atom stereocenters. The van der Waals surface area contributed by atoms with Crippen molar-refractivity contribution in [2.45, 2.75) is 39.2 Å². The highest BCUT2D eigenvalue weighted by Gasteiger charge is 2.08. The van der Waals surface area contributed by atoms with E-state index in [0.29, 0.717) is 11.9 Å². The van der Waals surface area contributed by atoms with Crippen molar-refractivity contribution in [2.24, 2.45) is 7.05 Å². The molecule has 0 aliphatic carbocycles. The summed E-state index contributed by atoms with van der Waals surface area (Å²) in [7, 11) is 1.73. The van der Waals surface area contributed by atoms with Gasteiger partial charge < -0.3 is 9.88 Å². The van der Waals surface area contributed by atoms with Crippen LogP contribution in [0.2, 0.25) is 0 Å². The van der Waals surface area contributed by atoms with E-state index in [1.165, 1.54) is 4.57 Å². The fraction of sp³-hybridized carbons (Fsp3) is 0.636. The molecule has 0 radical (unpaired) electrons. The van der Waals surface area contributed by atoms with Crippen LogP contribution >= 0.6 is 0 Å². The lowest BCUT2D eigenvalue weighted by molar-refractivity contribution is 0.617. The average molecular weight is 209 g/mol. The van der Waals surface area contributed by atoms with Gasteiger partial charge in [0.25, 0.3) is 5.56 Å². The van der Waals surface area contributed by atoms with Crippen LogP contribution in [0.3, 0.4) is 0 Å². The molecule has 1 rings (SSSR count). The summed E-state index contributed by atoms with van der Waals surface area (Å²) in [4.78, 5) is 15.7. The van der Waals surface area contributed by atoms with Crippen molar-refractivity contribution >= 4 is 5.82 Å². The molecule has 0 aliphatic heterocycles. The molecule has 1 unspecified atom stereocenters. The van der Waals surface area contributed by atoms with Gasteiger partial charge in [-0.05, 0) is 12.8 Å². The molecule has 0 saturated heterocycles. The molecule has 0 bridgehead atoms. The van der Waals surface area contributed by atoms with Crippen LogP contribution in [0.25, 0.3) is 0 Å². The van der Waals surface area contributed by atoms with Crippen molar-refractivity contribution in [1.29, 1.82) is 0 Å². The molecule has 15 heavy (non-hydrogen) atoms. The van der Waals surface area contributed by atoms with E-state index >= 15 is 0 Å². The van der Waals surface area contributed by atoms with E-state index in [0.717, 1.165) is 19.3 Å². The van der Waals surface area contributed by atoms with E-state index < -0.39 is 0 Å². The van der Waals surface area contributed by atoms with Gasteiger partial charge in [0.15, 0.2) is 5.82 Å². The largest absolute Gasteiger partial charge is 0.363 e. The van der Waals surface area contributed by atoms with E-state index in [4.69, 9.17) is 0 Å². The van der Waals surface area contributed by atoms with Gasteiger partial charge in [0.1, 0.15) is 0 Å². The monoisotopic (exact) mass is 209 g/mol. The lowest BCUT2D eigenvalue weighted by atomic mass is 10.1. The SMILES string of the molecule is CCCC(CC)Nc1nccn(C)c1=O. The van der Waals surface area contributed by atoms with Crippen molar-refractivity contribution in [3.63, 3.8) is 0 Å². The molecule has 0 fully saturated rings. The molecule has 1 aromatic heterocycles. The number of hydrogen-bond acceptors (Lipinski definition) is 3. The Morgan fingerprint density at radius 3 is 2.87 bits per heavy atom. The Morgan fingerprint density at radius 2 is 2.27 bits per heavy atom. The number of aromatic nitrogens is 2. The molecule has 1 N–H and O–H groups in total. The Bertz CT molecular complexity index is 359. The second-order valence-corrected chi connectivity index (χ2v) is 3.73. The molecular weight excluding hydrogens is 190 g/mol. The van der Waals surface area contributed by atoms with E-state index in [9.17, 15) is 4.79 Å². The summed E-state index contributed by atoms with van der Waals surface area (Å²) in [5.74, 6) is 0.459. The topological polar surface area (TPSA) is 46.9 Å². The molecule has 4 nitrogen and oxygen atoms in total. The highest BCUT2D eigenvalue weighted by atomic mass is 16.1. The van der Waals surface area contributed by atoms with Gasteiger partial charge in [0.05, 0.1) is 0 Å². The molecule has 0 amide bonds. The van der Waals surface area contributed by atoms with Gasteiger partial charge in [0, 0.05) is 25.5 Å². The van der Waals surface area contributed by atoms with Gasteiger partial charge in [-0.15, -0.1) is 0 Å². The maximum absolute atomic E-state index is 11.7. The normalized spacial score (nSPS) is 12.5. The first-order valence-electron chi connectivity index (χ1n) is 5.47. The van der Waals surface area contributed by atoms with Gasteiger partial charge in [-0.2, -0.15) is 0 Å². The first kappa shape index (κ1) is 11.8. The molecular formula is C11H19N3O. The van der Waals surface area contributed by atoms with E-state index in [1.807, 2.05) is 0 Å². The Balaban J connectivity index is 2.79. The van der Waals surface area contributed by atoms with Crippen molar-refractivity contribution in [2.75, 3.05) is 5.32 Å². The van der Waals surface area contributed by atoms with Crippen LogP contribution in [-0.4, -0.2) is 15.6 Å². The minimum absolute atomic E-state index is 0.0629. The second kappa shape index (κ2) is 5.53. The summed E-state index contributed by atoms with van der Waals surface area (Å²) in [6.45, 7) is 4.25. The molecule has 1 aromatic rings. The highest BCUT2D eigenvalue weighted by molar-refractivity contribution is 5.31. The third-order valence-corrected chi connectivity index (χ3v) is 2.49. The van der Waals surface area contributed by atoms with Crippen LogP contribution in [0.5, 0.6) is 0 Å². The Morgan fingerprint density at radius 1 is 1.53 bits per heavy atom. The maximum atomic E-state index is 11.7. The molecule has 84 valence electrons. The standard InChI is InChI=1S/C11H19N3O/c1-4-6-9(5-2)13-10-11(15)14(3)8-7-12-10/h7-9H,4-6H2,1-3H3,(H,12,13). The summed E-state index contributed by atoms with van der Waals surface area (Å²) in [5, 5.41) is 3.19. The maximum Gasteiger partial charge on any atom is 0.293 e. The molecule has 0 saturated carbocycles. The quantitative estimate of drug-likeness (QED) is 0.804. The fourth-order valence-electron chi connectivity index (χ4n) is 1.52. The Labute approximate surface area is 90.3 Å². The van der Waals surface area contributed by atoms with Crippen molar-refractivity contribution < 1.29 is 0 Å². The zero-order valence-corrected chi connectivity index (χ0v) is 9.66. The predicted octanol–water partition coefficient (Wildman–Crippen LogP) is 1.77.